The van der Waals surface area contributed by atoms with E-state index in [1.165, 1.54) is 0 Å². The van der Waals surface area contributed by atoms with Gasteiger partial charge in [0.15, 0.2) is 0 Å². The minimum Gasteiger partial charge on any atom is -0.394 e. The quantitative estimate of drug-likeness (QED) is 0.146. The van der Waals surface area contributed by atoms with E-state index in [9.17, 15) is 0 Å². The smallest absolute Gasteiger partial charge is 0.0698 e. The van der Waals surface area contributed by atoms with Crippen LogP contribution < -0.4 is 0 Å². The lowest BCUT2D eigenvalue weighted by Crippen LogP contribution is -2.03. The van der Waals surface area contributed by atoms with Crippen molar-refractivity contribution in [2.75, 3.05) is 85.9 Å². The summed E-state index contributed by atoms with van der Waals surface area (Å²) in [5.74, 6) is 0. The van der Waals surface area contributed by atoms with Crippen molar-refractivity contribution in [3.05, 3.63) is 0 Å². The molecule has 11 nitrogen and oxygen atoms in total. The predicted molar refractivity (Wildman–Crippen MR) is 100 cm³/mol. The van der Waals surface area contributed by atoms with Gasteiger partial charge < -0.3 is 55.4 Å². The molecule has 0 heterocycles. The first-order valence-electron chi connectivity index (χ1n) is 8.71. The molecule has 0 spiro atoms. The lowest BCUT2D eigenvalue weighted by molar-refractivity contribution is 0.0650. The van der Waals surface area contributed by atoms with E-state index in [0.29, 0.717) is 19.8 Å². The SMILES string of the molecule is CCCCOCCO.OCCO.OCCO.OCCO.OCCOCCO. The Kier molecular flexibility index (Phi) is 77.7. The van der Waals surface area contributed by atoms with Crippen molar-refractivity contribution in [3.63, 3.8) is 0 Å². The zero-order valence-corrected chi connectivity index (χ0v) is 16.4. The largest absolute Gasteiger partial charge is 0.394 e. The lowest BCUT2D eigenvalue weighted by Gasteiger charge is -1.97. The molecule has 0 saturated heterocycles. The Bertz CT molecular complexity index is 140. The molecule has 0 saturated carbocycles. The number of rotatable bonds is 12. The maximum absolute atomic E-state index is 8.24. The van der Waals surface area contributed by atoms with Gasteiger partial charge in [0.05, 0.1) is 79.3 Å². The molecule has 0 fully saturated rings. The molecule has 0 unspecified atom stereocenters. The summed E-state index contributed by atoms with van der Waals surface area (Å²) in [6.07, 6.45) is 2.26. The van der Waals surface area contributed by atoms with E-state index in [0.717, 1.165) is 19.4 Å². The summed E-state index contributed by atoms with van der Waals surface area (Å²) in [6, 6.07) is 0. The molecule has 0 rings (SSSR count). The summed E-state index contributed by atoms with van der Waals surface area (Å²) in [5.41, 5.74) is 0. The van der Waals surface area contributed by atoms with Crippen molar-refractivity contribution in [1.29, 1.82) is 0 Å². The first-order valence-corrected chi connectivity index (χ1v) is 8.71. The highest BCUT2D eigenvalue weighted by molar-refractivity contribution is 4.30. The number of hydrogen-bond donors (Lipinski definition) is 9. The average Bonchev–Trinajstić information content (AvgIpc) is 2.72. The Morgan fingerprint density at radius 3 is 0.852 bits per heavy atom. The molecule has 0 aromatic carbocycles. The molecule has 0 atom stereocenters. The van der Waals surface area contributed by atoms with Crippen molar-refractivity contribution in [2.24, 2.45) is 0 Å². The highest BCUT2D eigenvalue weighted by Gasteiger charge is 1.82. The topological polar surface area (TPSA) is 201 Å². The van der Waals surface area contributed by atoms with Crippen molar-refractivity contribution >= 4 is 0 Å². The molecule has 0 amide bonds. The summed E-state index contributed by atoms with van der Waals surface area (Å²) < 4.78 is 9.61. The second kappa shape index (κ2) is 56.2. The van der Waals surface area contributed by atoms with Gasteiger partial charge in [-0.2, -0.15) is 0 Å². The monoisotopic (exact) mass is 410 g/mol. The maximum Gasteiger partial charge on any atom is 0.0698 e. The van der Waals surface area contributed by atoms with Crippen molar-refractivity contribution in [2.45, 2.75) is 19.8 Å². The second-order valence-corrected chi connectivity index (χ2v) is 4.09. The minimum atomic E-state index is -0.125. The molecule has 0 aromatic rings. The maximum atomic E-state index is 8.24. The second-order valence-electron chi connectivity index (χ2n) is 4.09. The van der Waals surface area contributed by atoms with E-state index >= 15 is 0 Å². The molecule has 11 heteroatoms. The van der Waals surface area contributed by atoms with Gasteiger partial charge in [0.1, 0.15) is 0 Å². The molecule has 0 bridgehead atoms. The standard InChI is InChI=1S/C6H14O2.C4H10O3.3C2H6O2/c1-2-3-5-8-6-4-7;5-1-3-7-4-2-6;3*3-1-2-4/h7H,2-6H2,1H3;5-6H,1-4H2;3*3-4H,1-2H2. The number of unbranched alkanes of at least 4 members (excludes halogenated alkanes) is 1. The third-order valence-corrected chi connectivity index (χ3v) is 1.65. The summed E-state index contributed by atoms with van der Waals surface area (Å²) in [6.45, 7) is 3.48. The van der Waals surface area contributed by atoms with Crippen LogP contribution in [0.25, 0.3) is 0 Å². The van der Waals surface area contributed by atoms with Crippen molar-refractivity contribution in [1.82, 2.24) is 0 Å². The van der Waals surface area contributed by atoms with Gasteiger partial charge in [-0.05, 0) is 6.42 Å². The fourth-order valence-corrected chi connectivity index (χ4v) is 0.644. The molecular formula is C16H42O11. The highest BCUT2D eigenvalue weighted by atomic mass is 16.5. The first kappa shape index (κ1) is 37.3. The number of aliphatic hydroxyl groups is 9. The van der Waals surface area contributed by atoms with E-state index in [-0.39, 0.29) is 59.5 Å². The van der Waals surface area contributed by atoms with Gasteiger partial charge in [0, 0.05) is 6.61 Å². The van der Waals surface area contributed by atoms with Crippen LogP contribution in [0.2, 0.25) is 0 Å². The van der Waals surface area contributed by atoms with Crippen LogP contribution >= 0.6 is 0 Å². The van der Waals surface area contributed by atoms with Gasteiger partial charge in [-0.3, -0.25) is 0 Å². The van der Waals surface area contributed by atoms with Gasteiger partial charge in [-0.25, -0.2) is 0 Å². The summed E-state index contributed by atoms with van der Waals surface area (Å²) >= 11 is 0. The Morgan fingerprint density at radius 2 is 0.667 bits per heavy atom. The molecule has 0 aliphatic heterocycles. The van der Waals surface area contributed by atoms with E-state index in [4.69, 9.17) is 50.7 Å². The Morgan fingerprint density at radius 1 is 0.407 bits per heavy atom. The fourth-order valence-electron chi connectivity index (χ4n) is 0.644. The van der Waals surface area contributed by atoms with Gasteiger partial charge in [0.2, 0.25) is 0 Å². The molecule has 27 heavy (non-hydrogen) atoms. The van der Waals surface area contributed by atoms with Crippen LogP contribution in [0.3, 0.4) is 0 Å². The van der Waals surface area contributed by atoms with E-state index < -0.39 is 0 Å². The van der Waals surface area contributed by atoms with Crippen LogP contribution in [0.4, 0.5) is 0 Å². The van der Waals surface area contributed by atoms with Crippen LogP contribution in [0.1, 0.15) is 19.8 Å². The van der Waals surface area contributed by atoms with Crippen LogP contribution in [0.15, 0.2) is 0 Å². The first-order chi connectivity index (χ1) is 13.1. The number of hydrogen-bond acceptors (Lipinski definition) is 11. The number of aliphatic hydroxyl groups excluding tert-OH is 9. The van der Waals surface area contributed by atoms with Crippen LogP contribution in [0.5, 0.6) is 0 Å². The Labute approximate surface area is 162 Å². The zero-order valence-electron chi connectivity index (χ0n) is 16.4. The van der Waals surface area contributed by atoms with Crippen LogP contribution in [0, 0.1) is 0 Å². The zero-order chi connectivity index (χ0) is 22.0. The van der Waals surface area contributed by atoms with E-state index in [2.05, 4.69) is 11.7 Å². The third kappa shape index (κ3) is 106. The van der Waals surface area contributed by atoms with Crippen molar-refractivity contribution in [3.8, 4) is 0 Å². The minimum absolute atomic E-state index is 0.0278. The molecule has 0 radical (unpaired) electrons. The number of ether oxygens (including phenoxy) is 2. The Hall–Kier alpha value is -0.440. The lowest BCUT2D eigenvalue weighted by atomic mass is 10.4. The average molecular weight is 411 g/mol. The predicted octanol–water partition coefficient (Wildman–Crippen LogP) is -3.30. The van der Waals surface area contributed by atoms with Gasteiger partial charge >= 0.3 is 0 Å². The molecular weight excluding hydrogens is 368 g/mol. The Balaban J connectivity index is -0.0000000777. The van der Waals surface area contributed by atoms with E-state index in [1.807, 2.05) is 0 Å². The van der Waals surface area contributed by atoms with Gasteiger partial charge in [-0.15, -0.1) is 0 Å². The van der Waals surface area contributed by atoms with Crippen LogP contribution in [-0.2, 0) is 9.47 Å². The van der Waals surface area contributed by atoms with Crippen LogP contribution in [-0.4, -0.2) is 132 Å². The molecule has 0 aromatic heterocycles. The molecule has 9 N–H and O–H groups in total. The normalized spacial score (nSPS) is 8.67. The third-order valence-electron chi connectivity index (χ3n) is 1.65. The molecule has 0 aliphatic rings. The van der Waals surface area contributed by atoms with Crippen molar-refractivity contribution < 1.29 is 55.4 Å². The van der Waals surface area contributed by atoms with E-state index in [1.54, 1.807) is 0 Å². The molecule has 0 aliphatic carbocycles. The molecule has 172 valence electrons. The fraction of sp³-hybridized carbons (Fsp3) is 1.00. The summed E-state index contributed by atoms with van der Waals surface area (Å²) in [5, 5.41) is 70.2. The highest BCUT2D eigenvalue weighted by Crippen LogP contribution is 1.85. The van der Waals surface area contributed by atoms with Gasteiger partial charge in [-0.1, -0.05) is 13.3 Å². The summed E-state index contributed by atoms with van der Waals surface area (Å²) in [7, 11) is 0. The van der Waals surface area contributed by atoms with Gasteiger partial charge in [0.25, 0.3) is 0 Å². The summed E-state index contributed by atoms with van der Waals surface area (Å²) in [4.78, 5) is 0.